The first-order chi connectivity index (χ1) is 6.02. The second kappa shape index (κ2) is 5.72. The summed E-state index contributed by atoms with van der Waals surface area (Å²) in [4.78, 5) is 13.8. The van der Waals surface area contributed by atoms with Crippen molar-refractivity contribution < 1.29 is 4.79 Å². The van der Waals surface area contributed by atoms with Gasteiger partial charge in [-0.15, -0.1) is 0 Å². The number of hydrogen-bond donors (Lipinski definition) is 1. The van der Waals surface area contributed by atoms with Crippen molar-refractivity contribution in [3.63, 3.8) is 0 Å². The van der Waals surface area contributed by atoms with E-state index >= 15 is 0 Å². The lowest BCUT2D eigenvalue weighted by atomic mass is 10.1. The minimum Gasteiger partial charge on any atom is -0.325 e. The molecule has 0 bridgehead atoms. The fourth-order valence-corrected chi connectivity index (χ4v) is 1.00. The highest BCUT2D eigenvalue weighted by Crippen LogP contribution is 2.07. The van der Waals surface area contributed by atoms with E-state index in [9.17, 15) is 4.79 Å². The molecule has 4 nitrogen and oxygen atoms in total. The third kappa shape index (κ3) is 4.05. The summed E-state index contributed by atoms with van der Waals surface area (Å²) in [6.07, 6.45) is 3.26. The van der Waals surface area contributed by atoms with Gasteiger partial charge in [-0.2, -0.15) is 0 Å². The Kier molecular flexibility index (Phi) is 5.34. The first kappa shape index (κ1) is 12.1. The Labute approximate surface area is 80.0 Å². The molecule has 4 heteroatoms. The van der Waals surface area contributed by atoms with Crippen LogP contribution in [0.4, 0.5) is 0 Å². The van der Waals surface area contributed by atoms with Gasteiger partial charge in [-0.25, -0.2) is 0 Å². The van der Waals surface area contributed by atoms with Gasteiger partial charge in [0.05, 0.1) is 6.17 Å². The molecule has 0 spiro atoms. The van der Waals surface area contributed by atoms with E-state index < -0.39 is 0 Å². The molecule has 13 heavy (non-hydrogen) atoms. The topological polar surface area (TPSA) is 49.6 Å². The number of carbonyl (C=O) groups is 1. The van der Waals surface area contributed by atoms with Gasteiger partial charge in [-0.3, -0.25) is 9.69 Å². The molecular formula is C9H19N3O. The van der Waals surface area contributed by atoms with Crippen molar-refractivity contribution in [2.75, 3.05) is 21.1 Å². The van der Waals surface area contributed by atoms with Crippen molar-refractivity contribution in [2.24, 2.45) is 5.73 Å². The van der Waals surface area contributed by atoms with Gasteiger partial charge >= 0.3 is 0 Å². The minimum absolute atomic E-state index is 0.118. The molecule has 0 aliphatic rings. The van der Waals surface area contributed by atoms with Crippen LogP contribution in [0, 0.1) is 0 Å². The fraction of sp³-hybridized carbons (Fsp3) is 0.667. The fourth-order valence-electron chi connectivity index (χ4n) is 1.00. The summed E-state index contributed by atoms with van der Waals surface area (Å²) in [5.74, 6) is 0. The van der Waals surface area contributed by atoms with Crippen molar-refractivity contribution in [3.05, 3.63) is 11.8 Å². The Morgan fingerprint density at radius 1 is 1.46 bits per heavy atom. The van der Waals surface area contributed by atoms with Crippen LogP contribution in [0.3, 0.4) is 0 Å². The summed E-state index contributed by atoms with van der Waals surface area (Å²) in [6.45, 7) is 2.02. The van der Waals surface area contributed by atoms with Crippen LogP contribution in [0.25, 0.3) is 0 Å². The monoisotopic (exact) mass is 185 g/mol. The van der Waals surface area contributed by atoms with Crippen molar-refractivity contribution in [1.82, 2.24) is 9.80 Å². The molecule has 0 saturated heterocycles. The molecule has 1 amide bonds. The Bertz CT molecular complexity index is 189. The van der Waals surface area contributed by atoms with E-state index in [1.165, 1.54) is 4.90 Å². The highest BCUT2D eigenvalue weighted by atomic mass is 16.1. The number of amides is 1. The molecule has 0 fully saturated rings. The van der Waals surface area contributed by atoms with E-state index in [0.717, 1.165) is 18.4 Å². The summed E-state index contributed by atoms with van der Waals surface area (Å²) in [5.41, 5.74) is 6.93. The normalized spacial score (nSPS) is 14.5. The van der Waals surface area contributed by atoms with Gasteiger partial charge < -0.3 is 10.6 Å². The van der Waals surface area contributed by atoms with Crippen LogP contribution in [0.2, 0.25) is 0 Å². The van der Waals surface area contributed by atoms with E-state index in [1.807, 2.05) is 25.9 Å². The maximum absolute atomic E-state index is 10.4. The maximum atomic E-state index is 10.4. The van der Waals surface area contributed by atoms with E-state index in [4.69, 9.17) is 5.73 Å². The van der Waals surface area contributed by atoms with Gasteiger partial charge in [0.1, 0.15) is 0 Å². The van der Waals surface area contributed by atoms with Crippen LogP contribution in [-0.2, 0) is 4.79 Å². The zero-order chi connectivity index (χ0) is 10.4. The molecule has 0 aliphatic heterocycles. The molecule has 1 atom stereocenters. The van der Waals surface area contributed by atoms with Gasteiger partial charge in [-0.1, -0.05) is 6.92 Å². The molecule has 0 aromatic carbocycles. The SMILES string of the molecule is CC/C(=C/N(C)C=O)C(N)N(C)C. The third-order valence-electron chi connectivity index (χ3n) is 1.88. The number of nitrogens with zero attached hydrogens (tertiary/aromatic N) is 2. The Hall–Kier alpha value is -0.870. The summed E-state index contributed by atoms with van der Waals surface area (Å²) in [5, 5.41) is 0. The highest BCUT2D eigenvalue weighted by molar-refractivity contribution is 5.48. The van der Waals surface area contributed by atoms with Crippen molar-refractivity contribution in [2.45, 2.75) is 19.5 Å². The van der Waals surface area contributed by atoms with E-state index in [2.05, 4.69) is 0 Å². The summed E-state index contributed by atoms with van der Waals surface area (Å²) >= 11 is 0. The maximum Gasteiger partial charge on any atom is 0.213 e. The van der Waals surface area contributed by atoms with Gasteiger partial charge in [0.2, 0.25) is 6.41 Å². The van der Waals surface area contributed by atoms with Crippen LogP contribution in [-0.4, -0.2) is 43.5 Å². The standard InChI is InChI=1S/C9H19N3O/c1-5-8(6-12(4)7-13)9(10)11(2)3/h6-7,9H,5,10H2,1-4H3/b8-6-. The van der Waals surface area contributed by atoms with E-state index in [1.54, 1.807) is 13.2 Å². The van der Waals surface area contributed by atoms with Gasteiger partial charge in [-0.05, 0) is 26.1 Å². The molecule has 0 aliphatic carbocycles. The Morgan fingerprint density at radius 3 is 2.31 bits per heavy atom. The number of rotatable bonds is 5. The van der Waals surface area contributed by atoms with E-state index in [0.29, 0.717) is 0 Å². The lowest BCUT2D eigenvalue weighted by Crippen LogP contribution is -2.38. The minimum atomic E-state index is -0.118. The van der Waals surface area contributed by atoms with Gasteiger partial charge in [0.25, 0.3) is 0 Å². The number of likely N-dealkylation sites (N-methyl/N-ethyl adjacent to an activating group) is 1. The first-order valence-electron chi connectivity index (χ1n) is 4.32. The zero-order valence-electron chi connectivity index (χ0n) is 8.82. The molecule has 0 radical (unpaired) electrons. The summed E-state index contributed by atoms with van der Waals surface area (Å²) < 4.78 is 0. The number of nitrogens with two attached hydrogens (primary N) is 1. The van der Waals surface area contributed by atoms with Gasteiger partial charge in [0.15, 0.2) is 0 Å². The van der Waals surface area contributed by atoms with Crippen LogP contribution in [0.5, 0.6) is 0 Å². The Morgan fingerprint density at radius 2 is 2.00 bits per heavy atom. The largest absolute Gasteiger partial charge is 0.325 e. The molecular weight excluding hydrogens is 166 g/mol. The van der Waals surface area contributed by atoms with Crippen LogP contribution in [0.1, 0.15) is 13.3 Å². The van der Waals surface area contributed by atoms with Crippen molar-refractivity contribution >= 4 is 6.41 Å². The van der Waals surface area contributed by atoms with Crippen molar-refractivity contribution in [3.8, 4) is 0 Å². The van der Waals surface area contributed by atoms with Crippen LogP contribution < -0.4 is 5.73 Å². The van der Waals surface area contributed by atoms with E-state index in [-0.39, 0.29) is 6.17 Å². The highest BCUT2D eigenvalue weighted by Gasteiger charge is 2.09. The Balaban J connectivity index is 4.48. The second-order valence-electron chi connectivity index (χ2n) is 3.24. The molecule has 0 rings (SSSR count). The first-order valence-corrected chi connectivity index (χ1v) is 4.32. The van der Waals surface area contributed by atoms with Crippen LogP contribution >= 0.6 is 0 Å². The average molecular weight is 185 g/mol. The predicted molar refractivity (Wildman–Crippen MR) is 53.9 cm³/mol. The smallest absolute Gasteiger partial charge is 0.213 e. The molecule has 0 aromatic heterocycles. The third-order valence-corrected chi connectivity index (χ3v) is 1.88. The zero-order valence-corrected chi connectivity index (χ0v) is 8.82. The lowest BCUT2D eigenvalue weighted by Gasteiger charge is -2.23. The molecule has 1 unspecified atom stereocenters. The lowest BCUT2D eigenvalue weighted by molar-refractivity contribution is -0.115. The van der Waals surface area contributed by atoms with Crippen LogP contribution in [0.15, 0.2) is 11.8 Å². The second-order valence-corrected chi connectivity index (χ2v) is 3.24. The predicted octanol–water partition coefficient (Wildman–Crippen LogP) is 0.215. The van der Waals surface area contributed by atoms with Gasteiger partial charge in [0, 0.05) is 13.2 Å². The van der Waals surface area contributed by atoms with Crippen molar-refractivity contribution in [1.29, 1.82) is 0 Å². The quantitative estimate of drug-likeness (QED) is 0.492. The molecule has 2 N–H and O–H groups in total. The number of hydrogen-bond acceptors (Lipinski definition) is 3. The summed E-state index contributed by atoms with van der Waals surface area (Å²) in [6, 6.07) is 0. The average Bonchev–Trinajstić information content (AvgIpc) is 2.12. The molecule has 0 heterocycles. The molecule has 0 saturated carbocycles. The number of carbonyl (C=O) groups excluding carboxylic acids is 1. The molecule has 0 aromatic rings. The molecule has 76 valence electrons. The summed E-state index contributed by atoms with van der Waals surface area (Å²) in [7, 11) is 5.52.